The highest BCUT2D eigenvalue weighted by Crippen LogP contribution is 2.20. The number of aliphatic hydroxyl groups excluding tert-OH is 1. The predicted molar refractivity (Wildman–Crippen MR) is 76.7 cm³/mol. The van der Waals surface area contributed by atoms with Gasteiger partial charge in [-0.05, 0) is 13.0 Å². The van der Waals surface area contributed by atoms with E-state index in [1.165, 1.54) is 6.07 Å². The molecule has 0 bridgehead atoms. The third-order valence-electron chi connectivity index (χ3n) is 3.01. The Hall–Kier alpha value is -2.39. The highest BCUT2D eigenvalue weighted by Gasteiger charge is 2.21. The second kappa shape index (κ2) is 7.05. The summed E-state index contributed by atoms with van der Waals surface area (Å²) >= 11 is 0. The number of hydrogen-bond acceptors (Lipinski definition) is 7. The molecule has 0 aliphatic rings. The van der Waals surface area contributed by atoms with E-state index in [-0.39, 0.29) is 34.8 Å². The van der Waals surface area contributed by atoms with E-state index in [1.807, 2.05) is 6.92 Å². The third-order valence-corrected chi connectivity index (χ3v) is 3.01. The van der Waals surface area contributed by atoms with E-state index >= 15 is 0 Å². The van der Waals surface area contributed by atoms with Crippen LogP contribution in [0.15, 0.2) is 18.2 Å². The third kappa shape index (κ3) is 3.43. The number of anilines is 1. The predicted octanol–water partition coefficient (Wildman–Crippen LogP) is -0.750. The Balaban J connectivity index is 2.15. The molecule has 9 nitrogen and oxygen atoms in total. The second-order valence-corrected chi connectivity index (χ2v) is 4.60. The van der Waals surface area contributed by atoms with Crippen LogP contribution >= 0.6 is 0 Å². The van der Waals surface area contributed by atoms with Crippen molar-refractivity contribution in [3.8, 4) is 5.75 Å². The van der Waals surface area contributed by atoms with Crippen LogP contribution in [0.2, 0.25) is 0 Å². The van der Waals surface area contributed by atoms with E-state index in [0.29, 0.717) is 17.8 Å². The Labute approximate surface area is 126 Å². The summed E-state index contributed by atoms with van der Waals surface area (Å²) in [4.78, 5) is 0.274. The molecule has 1 heterocycles. The first-order valence-corrected chi connectivity index (χ1v) is 6.84. The molecule has 0 saturated heterocycles. The Morgan fingerprint density at radius 1 is 1.41 bits per heavy atom. The zero-order valence-corrected chi connectivity index (χ0v) is 12.1. The maximum Gasteiger partial charge on any atom is 0.458 e. The molecule has 0 fully saturated rings. The number of ether oxygens (including phenoxy) is 2. The molecule has 1 aromatic heterocycles. The molecule has 1 aromatic carbocycles. The van der Waals surface area contributed by atoms with Crippen molar-refractivity contribution in [2.75, 3.05) is 25.6 Å². The van der Waals surface area contributed by atoms with Gasteiger partial charge in [-0.15, -0.1) is 0 Å². The molecule has 22 heavy (non-hydrogen) atoms. The fourth-order valence-electron chi connectivity index (χ4n) is 1.93. The van der Waals surface area contributed by atoms with Gasteiger partial charge in [-0.2, -0.15) is 0 Å². The molecule has 2 aromatic rings. The molecule has 0 amide bonds. The lowest BCUT2D eigenvalue weighted by molar-refractivity contribution is -0.672. The first-order chi connectivity index (χ1) is 10.5. The fourth-order valence-corrected chi connectivity index (χ4v) is 1.93. The van der Waals surface area contributed by atoms with E-state index in [1.54, 1.807) is 12.1 Å². The van der Waals surface area contributed by atoms with Crippen LogP contribution < -0.4 is 20.0 Å². The van der Waals surface area contributed by atoms with Gasteiger partial charge in [-0.25, -0.2) is 4.73 Å². The van der Waals surface area contributed by atoms with Gasteiger partial charge in [-0.3, -0.25) is 5.73 Å². The highest BCUT2D eigenvalue weighted by molar-refractivity contribution is 5.75. The quantitative estimate of drug-likeness (QED) is 0.508. The van der Waals surface area contributed by atoms with Gasteiger partial charge in [0.2, 0.25) is 10.6 Å². The zero-order valence-electron chi connectivity index (χ0n) is 12.1. The Kier molecular flexibility index (Phi) is 5.12. The minimum Gasteiger partial charge on any atom is -0.739 e. The van der Waals surface area contributed by atoms with Gasteiger partial charge in [-0.1, -0.05) is 6.07 Å². The van der Waals surface area contributed by atoms with E-state index in [0.717, 1.165) is 0 Å². The summed E-state index contributed by atoms with van der Waals surface area (Å²) in [6, 6.07) is 4.56. The number of aromatic nitrogens is 3. The van der Waals surface area contributed by atoms with Crippen LogP contribution in [0.25, 0.3) is 11.0 Å². The normalized spacial score (nSPS) is 12.5. The molecule has 0 aliphatic heterocycles. The van der Waals surface area contributed by atoms with Gasteiger partial charge < -0.3 is 25.0 Å². The summed E-state index contributed by atoms with van der Waals surface area (Å²) in [6.45, 7) is 2.74. The Bertz CT molecular complexity index is 652. The summed E-state index contributed by atoms with van der Waals surface area (Å²) in [5, 5.41) is 36.7. The summed E-state index contributed by atoms with van der Waals surface area (Å²) in [5.41, 5.74) is 5.45. The number of benzene rings is 1. The largest absolute Gasteiger partial charge is 0.739 e. The van der Waals surface area contributed by atoms with Crippen LogP contribution in [0.3, 0.4) is 0 Å². The molecule has 0 spiro atoms. The minimum atomic E-state index is -0.662. The zero-order chi connectivity index (χ0) is 16.1. The van der Waals surface area contributed by atoms with Crippen LogP contribution in [0, 0.1) is 10.4 Å². The molecule has 1 atom stereocenters. The highest BCUT2D eigenvalue weighted by atomic mass is 16.5. The van der Waals surface area contributed by atoms with Gasteiger partial charge in [0.25, 0.3) is 0 Å². The van der Waals surface area contributed by atoms with Crippen LogP contribution in [0.4, 0.5) is 5.95 Å². The summed E-state index contributed by atoms with van der Waals surface area (Å²) in [7, 11) is 0. The van der Waals surface area contributed by atoms with Crippen molar-refractivity contribution in [1.29, 1.82) is 0 Å². The maximum absolute atomic E-state index is 12.0. The van der Waals surface area contributed by atoms with Crippen molar-refractivity contribution in [2.45, 2.75) is 19.4 Å². The van der Waals surface area contributed by atoms with Crippen molar-refractivity contribution in [2.24, 2.45) is 0 Å². The molecule has 1 unspecified atom stereocenters. The molecule has 2 rings (SSSR count). The van der Waals surface area contributed by atoms with E-state index in [2.05, 4.69) is 5.10 Å². The van der Waals surface area contributed by atoms with Crippen molar-refractivity contribution in [3.05, 3.63) is 28.6 Å². The SMILES string of the molecule is CCOCC(O)CCOc1cccc2c1[n+]([O-])c(N)n[n+]2[O-]. The monoisotopic (exact) mass is 310 g/mol. The van der Waals surface area contributed by atoms with E-state index in [9.17, 15) is 15.5 Å². The molecule has 9 heteroatoms. The lowest BCUT2D eigenvalue weighted by atomic mass is 10.2. The summed E-state index contributed by atoms with van der Waals surface area (Å²) in [5.74, 6) is -0.259. The van der Waals surface area contributed by atoms with Crippen LogP contribution in [-0.4, -0.2) is 36.1 Å². The maximum atomic E-state index is 12.0. The van der Waals surface area contributed by atoms with Crippen molar-refractivity contribution in [1.82, 2.24) is 5.10 Å². The summed E-state index contributed by atoms with van der Waals surface area (Å²) in [6.07, 6.45) is -0.335. The fraction of sp³-hybridized carbons (Fsp3) is 0.462. The van der Waals surface area contributed by atoms with Gasteiger partial charge in [0.15, 0.2) is 5.75 Å². The number of aliphatic hydroxyl groups is 1. The van der Waals surface area contributed by atoms with E-state index in [4.69, 9.17) is 15.2 Å². The van der Waals surface area contributed by atoms with Crippen molar-refractivity contribution in [3.63, 3.8) is 0 Å². The van der Waals surface area contributed by atoms with E-state index < -0.39 is 12.1 Å². The smallest absolute Gasteiger partial charge is 0.458 e. The number of rotatable bonds is 7. The lowest BCUT2D eigenvalue weighted by Gasteiger charge is -2.14. The molecule has 3 N–H and O–H groups in total. The summed E-state index contributed by atoms with van der Waals surface area (Å²) < 4.78 is 10.9. The minimum absolute atomic E-state index is 0.00398. The van der Waals surface area contributed by atoms with Crippen LogP contribution in [0.1, 0.15) is 13.3 Å². The molecule has 0 saturated carbocycles. The first-order valence-electron chi connectivity index (χ1n) is 6.84. The van der Waals surface area contributed by atoms with Crippen molar-refractivity contribution >= 4 is 17.0 Å². The van der Waals surface area contributed by atoms with Crippen LogP contribution in [-0.2, 0) is 4.74 Å². The molecular formula is C13H18N4O5. The van der Waals surface area contributed by atoms with Crippen molar-refractivity contribution < 1.29 is 24.2 Å². The average Bonchev–Trinajstić information content (AvgIpc) is 2.50. The standard InChI is InChI=1S/C13H18N4O5/c1-2-21-8-9(18)6-7-22-11-5-3-4-10-12(11)16(19)13(14)15-17(10)20/h3-5,9,18H,2,6-8H2,1H3,(H2,14,15). The average molecular weight is 310 g/mol. The number of fused-ring (bicyclic) bond motifs is 1. The topological polar surface area (TPSA) is 131 Å². The number of para-hydroxylation sites is 1. The van der Waals surface area contributed by atoms with Gasteiger partial charge in [0, 0.05) is 23.9 Å². The number of nitrogens with zero attached hydrogens (tertiary/aromatic N) is 3. The Morgan fingerprint density at radius 2 is 2.18 bits per heavy atom. The molecular weight excluding hydrogens is 292 g/mol. The Morgan fingerprint density at radius 3 is 2.91 bits per heavy atom. The molecule has 0 radical (unpaired) electrons. The van der Waals surface area contributed by atoms with Gasteiger partial charge in [0.05, 0.1) is 19.3 Å². The van der Waals surface area contributed by atoms with Gasteiger partial charge in [0.1, 0.15) is 0 Å². The second-order valence-electron chi connectivity index (χ2n) is 4.60. The number of hydrogen-bond donors (Lipinski definition) is 2. The lowest BCUT2D eigenvalue weighted by Crippen LogP contribution is -2.44. The van der Waals surface area contributed by atoms with Crippen LogP contribution in [0.5, 0.6) is 5.75 Å². The first kappa shape index (κ1) is 16.0. The molecule has 120 valence electrons. The number of nitrogen functional groups attached to an aromatic ring is 1. The van der Waals surface area contributed by atoms with Gasteiger partial charge >= 0.3 is 11.5 Å². The number of nitrogens with two attached hydrogens (primary N) is 1. The molecule has 0 aliphatic carbocycles.